The first kappa shape index (κ1) is 22.0. The lowest BCUT2D eigenvalue weighted by molar-refractivity contribution is 0.197. The summed E-state index contributed by atoms with van der Waals surface area (Å²) < 4.78 is 34.0. The molecule has 0 radical (unpaired) electrons. The van der Waals surface area contributed by atoms with Crippen molar-refractivity contribution in [3.05, 3.63) is 65.4 Å². The van der Waals surface area contributed by atoms with E-state index in [1.807, 2.05) is 13.8 Å². The molecule has 0 saturated carbocycles. The molecule has 3 aromatic rings. The van der Waals surface area contributed by atoms with Gasteiger partial charge in [-0.05, 0) is 41.3 Å². The molecule has 30 heavy (non-hydrogen) atoms. The number of rotatable bonds is 8. The zero-order chi connectivity index (χ0) is 21.7. The molecule has 0 fully saturated rings. The van der Waals surface area contributed by atoms with Crippen LogP contribution in [0, 0.1) is 0 Å². The standard InChI is InChI=1S/C21H22ClN3O4S/c1-14(2)15-5-9-18(10-6-15)30(27,28)25-20-19(16-3-7-17(22)8-4-16)21(24-13-23-20)29-12-11-26/h3-10,13-14,26H,11-12H2,1-2H3,(H,23,24,25). The fourth-order valence-electron chi connectivity index (χ4n) is 2.79. The molecule has 0 unspecified atom stereocenters. The number of benzene rings is 2. The fraction of sp³-hybridized carbons (Fsp3) is 0.238. The van der Waals surface area contributed by atoms with Crippen LogP contribution in [0.15, 0.2) is 59.8 Å². The van der Waals surface area contributed by atoms with Crippen LogP contribution >= 0.6 is 11.6 Å². The molecule has 0 bridgehead atoms. The number of anilines is 1. The summed E-state index contributed by atoms with van der Waals surface area (Å²) in [5.74, 6) is 0.502. The van der Waals surface area contributed by atoms with E-state index < -0.39 is 10.0 Å². The number of nitrogens with one attached hydrogen (secondary N) is 1. The van der Waals surface area contributed by atoms with Gasteiger partial charge in [0.2, 0.25) is 5.88 Å². The molecule has 0 aliphatic heterocycles. The van der Waals surface area contributed by atoms with Gasteiger partial charge in [-0.15, -0.1) is 0 Å². The fourth-order valence-corrected chi connectivity index (χ4v) is 3.94. The zero-order valence-corrected chi connectivity index (χ0v) is 18.1. The minimum absolute atomic E-state index is 0.000454. The molecule has 0 atom stereocenters. The molecule has 0 aliphatic rings. The maximum Gasteiger partial charge on any atom is 0.263 e. The summed E-state index contributed by atoms with van der Waals surface area (Å²) in [4.78, 5) is 8.34. The van der Waals surface area contributed by atoms with Crippen molar-refractivity contribution in [3.8, 4) is 17.0 Å². The highest BCUT2D eigenvalue weighted by Gasteiger charge is 2.21. The molecule has 2 N–H and O–H groups in total. The van der Waals surface area contributed by atoms with E-state index in [0.29, 0.717) is 22.1 Å². The van der Waals surface area contributed by atoms with Crippen LogP contribution < -0.4 is 9.46 Å². The highest BCUT2D eigenvalue weighted by atomic mass is 35.5. The lowest BCUT2D eigenvalue weighted by atomic mass is 10.0. The maximum absolute atomic E-state index is 13.0. The van der Waals surface area contributed by atoms with E-state index in [1.54, 1.807) is 48.5 Å². The van der Waals surface area contributed by atoms with Crippen molar-refractivity contribution >= 4 is 27.4 Å². The Kier molecular flexibility index (Phi) is 6.91. The molecule has 0 aliphatic carbocycles. The molecule has 9 heteroatoms. The van der Waals surface area contributed by atoms with Crippen molar-refractivity contribution in [2.75, 3.05) is 17.9 Å². The highest BCUT2D eigenvalue weighted by Crippen LogP contribution is 2.35. The Morgan fingerprint density at radius 2 is 1.73 bits per heavy atom. The van der Waals surface area contributed by atoms with E-state index in [2.05, 4.69) is 14.7 Å². The number of hydrogen-bond acceptors (Lipinski definition) is 6. The summed E-state index contributed by atoms with van der Waals surface area (Å²) in [7, 11) is -3.90. The molecule has 0 spiro atoms. The summed E-state index contributed by atoms with van der Waals surface area (Å²) in [6.45, 7) is 3.86. The number of aliphatic hydroxyl groups is 1. The first-order valence-corrected chi connectivity index (χ1v) is 11.2. The van der Waals surface area contributed by atoms with Crippen LogP contribution in [-0.2, 0) is 10.0 Å². The van der Waals surface area contributed by atoms with Gasteiger partial charge in [-0.1, -0.05) is 49.7 Å². The Balaban J connectivity index is 2.03. The van der Waals surface area contributed by atoms with Crippen LogP contribution in [0.2, 0.25) is 5.02 Å². The number of aromatic nitrogens is 2. The third-order valence-corrected chi connectivity index (χ3v) is 5.97. The third-order valence-electron chi connectivity index (χ3n) is 4.36. The molecule has 2 aromatic carbocycles. The average molecular weight is 448 g/mol. The zero-order valence-electron chi connectivity index (χ0n) is 16.5. The number of ether oxygens (including phenoxy) is 1. The first-order chi connectivity index (χ1) is 14.3. The van der Waals surface area contributed by atoms with Crippen molar-refractivity contribution in [2.45, 2.75) is 24.7 Å². The van der Waals surface area contributed by atoms with Crippen molar-refractivity contribution in [2.24, 2.45) is 0 Å². The average Bonchev–Trinajstić information content (AvgIpc) is 2.73. The molecular formula is C21H22ClN3O4S. The normalized spacial score (nSPS) is 11.5. The minimum atomic E-state index is -3.90. The smallest absolute Gasteiger partial charge is 0.263 e. The Hall–Kier alpha value is -2.68. The van der Waals surface area contributed by atoms with Gasteiger partial charge in [0.1, 0.15) is 12.9 Å². The van der Waals surface area contributed by atoms with Crippen molar-refractivity contribution in [1.82, 2.24) is 9.97 Å². The second-order valence-corrected chi connectivity index (χ2v) is 8.93. The van der Waals surface area contributed by atoms with E-state index in [0.717, 1.165) is 5.56 Å². The molecule has 1 aromatic heterocycles. The quantitative estimate of drug-likeness (QED) is 0.539. The summed E-state index contributed by atoms with van der Waals surface area (Å²) >= 11 is 5.98. The van der Waals surface area contributed by atoms with Crippen LogP contribution in [0.4, 0.5) is 5.82 Å². The lowest BCUT2D eigenvalue weighted by Gasteiger charge is -2.15. The van der Waals surface area contributed by atoms with Gasteiger partial charge in [-0.3, -0.25) is 4.72 Å². The number of halogens is 1. The summed E-state index contributed by atoms with van der Waals surface area (Å²) in [5.41, 5.74) is 2.00. The van der Waals surface area contributed by atoms with E-state index in [-0.39, 0.29) is 29.8 Å². The third kappa shape index (κ3) is 5.08. The van der Waals surface area contributed by atoms with Crippen LogP contribution in [0.3, 0.4) is 0 Å². The second-order valence-electron chi connectivity index (χ2n) is 6.81. The van der Waals surface area contributed by atoms with Gasteiger partial charge in [0.05, 0.1) is 17.1 Å². The van der Waals surface area contributed by atoms with Crippen LogP contribution in [0.1, 0.15) is 25.3 Å². The summed E-state index contributed by atoms with van der Waals surface area (Å²) in [6.07, 6.45) is 1.20. The Labute approximate surface area is 180 Å². The molecule has 1 heterocycles. The predicted octanol–water partition coefficient (Wildman–Crippen LogP) is 4.09. The molecule has 0 saturated heterocycles. The SMILES string of the molecule is CC(C)c1ccc(S(=O)(=O)Nc2ncnc(OCCO)c2-c2ccc(Cl)cc2)cc1. The minimum Gasteiger partial charge on any atom is -0.475 e. The van der Waals surface area contributed by atoms with Crippen molar-refractivity contribution in [1.29, 1.82) is 0 Å². The van der Waals surface area contributed by atoms with E-state index in [1.165, 1.54) is 6.33 Å². The molecule has 158 valence electrons. The number of nitrogens with zero attached hydrogens (tertiary/aromatic N) is 2. The highest BCUT2D eigenvalue weighted by molar-refractivity contribution is 7.92. The lowest BCUT2D eigenvalue weighted by Crippen LogP contribution is -2.16. The van der Waals surface area contributed by atoms with E-state index >= 15 is 0 Å². The molecule has 3 rings (SSSR count). The van der Waals surface area contributed by atoms with Crippen LogP contribution in [-0.4, -0.2) is 36.7 Å². The maximum atomic E-state index is 13.0. The van der Waals surface area contributed by atoms with Crippen LogP contribution in [0.5, 0.6) is 5.88 Å². The number of aliphatic hydroxyl groups excluding tert-OH is 1. The Morgan fingerprint density at radius 3 is 2.33 bits per heavy atom. The van der Waals surface area contributed by atoms with Gasteiger partial charge >= 0.3 is 0 Å². The molecule has 7 nitrogen and oxygen atoms in total. The van der Waals surface area contributed by atoms with Crippen LogP contribution in [0.25, 0.3) is 11.1 Å². The largest absolute Gasteiger partial charge is 0.475 e. The predicted molar refractivity (Wildman–Crippen MR) is 116 cm³/mol. The Morgan fingerprint density at radius 1 is 1.07 bits per heavy atom. The van der Waals surface area contributed by atoms with Gasteiger partial charge < -0.3 is 9.84 Å². The van der Waals surface area contributed by atoms with Gasteiger partial charge in [-0.2, -0.15) is 0 Å². The second kappa shape index (κ2) is 9.42. The van der Waals surface area contributed by atoms with Crippen molar-refractivity contribution < 1.29 is 18.3 Å². The molecular weight excluding hydrogens is 426 g/mol. The topological polar surface area (TPSA) is 101 Å². The van der Waals surface area contributed by atoms with E-state index in [9.17, 15) is 8.42 Å². The summed E-state index contributed by atoms with van der Waals surface area (Å²) in [5, 5.41) is 9.62. The van der Waals surface area contributed by atoms with Gasteiger partial charge in [0, 0.05) is 5.02 Å². The van der Waals surface area contributed by atoms with Gasteiger partial charge in [0.15, 0.2) is 5.82 Å². The first-order valence-electron chi connectivity index (χ1n) is 9.29. The van der Waals surface area contributed by atoms with Gasteiger partial charge in [-0.25, -0.2) is 18.4 Å². The van der Waals surface area contributed by atoms with Crippen molar-refractivity contribution in [3.63, 3.8) is 0 Å². The number of hydrogen-bond donors (Lipinski definition) is 2. The summed E-state index contributed by atoms with van der Waals surface area (Å²) in [6, 6.07) is 13.5. The monoisotopic (exact) mass is 447 g/mol. The Bertz CT molecular complexity index is 1100. The van der Waals surface area contributed by atoms with Gasteiger partial charge in [0.25, 0.3) is 10.0 Å². The number of sulfonamides is 1. The molecule has 0 amide bonds. The van der Waals surface area contributed by atoms with E-state index in [4.69, 9.17) is 21.4 Å².